The molecule has 0 atom stereocenters. The fraction of sp³-hybridized carbons (Fsp3) is 0.538. The van der Waals surface area contributed by atoms with Gasteiger partial charge in [0.2, 0.25) is 0 Å². The van der Waals surface area contributed by atoms with Gasteiger partial charge in [0.25, 0.3) is 0 Å². The summed E-state index contributed by atoms with van der Waals surface area (Å²) in [5.41, 5.74) is 1.40. The molecule has 0 fully saturated rings. The second-order valence-corrected chi connectivity index (χ2v) is 3.85. The van der Waals surface area contributed by atoms with E-state index in [-0.39, 0.29) is 5.97 Å². The molecule has 94 valence electrons. The van der Waals surface area contributed by atoms with Crippen LogP contribution in [-0.2, 0) is 4.74 Å². The molecule has 0 N–H and O–H groups in total. The normalized spacial score (nSPS) is 10.6. The third kappa shape index (κ3) is 4.53. The van der Waals surface area contributed by atoms with Crippen LogP contribution in [0.1, 0.15) is 29.9 Å². The zero-order valence-corrected chi connectivity index (χ0v) is 10.8. The monoisotopic (exact) mass is 236 g/mol. The van der Waals surface area contributed by atoms with Crippen LogP contribution in [0.15, 0.2) is 18.3 Å². The second-order valence-electron chi connectivity index (χ2n) is 3.85. The molecule has 1 aromatic heterocycles. The number of nitrogens with zero attached hydrogens (tertiary/aromatic N) is 2. The van der Waals surface area contributed by atoms with Gasteiger partial charge in [0.15, 0.2) is 0 Å². The van der Waals surface area contributed by atoms with Crippen LogP contribution in [0.25, 0.3) is 0 Å². The average Bonchev–Trinajstić information content (AvgIpc) is 2.35. The van der Waals surface area contributed by atoms with E-state index in [1.807, 2.05) is 6.92 Å². The van der Waals surface area contributed by atoms with Gasteiger partial charge in [-0.1, -0.05) is 13.8 Å². The van der Waals surface area contributed by atoms with Gasteiger partial charge < -0.3 is 9.64 Å². The zero-order chi connectivity index (χ0) is 12.7. The van der Waals surface area contributed by atoms with Crippen molar-refractivity contribution in [2.24, 2.45) is 0 Å². The lowest BCUT2D eigenvalue weighted by Gasteiger charge is -2.17. The Bertz CT molecular complexity index is 345. The highest BCUT2D eigenvalue weighted by Crippen LogP contribution is 2.01. The summed E-state index contributed by atoms with van der Waals surface area (Å²) in [5, 5.41) is 0. The summed E-state index contributed by atoms with van der Waals surface area (Å²) in [6, 6.07) is 3.54. The number of hydrogen-bond acceptors (Lipinski definition) is 4. The SMILES string of the molecule is CCN(CC)CCOC(=O)c1ccc(C)nc1. The van der Waals surface area contributed by atoms with Gasteiger partial charge >= 0.3 is 5.97 Å². The van der Waals surface area contributed by atoms with E-state index >= 15 is 0 Å². The van der Waals surface area contributed by atoms with E-state index in [9.17, 15) is 4.79 Å². The Labute approximate surface area is 103 Å². The first-order valence-electron chi connectivity index (χ1n) is 5.99. The number of rotatable bonds is 6. The van der Waals surface area contributed by atoms with E-state index < -0.39 is 0 Å². The Morgan fingerprint density at radius 3 is 2.59 bits per heavy atom. The van der Waals surface area contributed by atoms with Crippen LogP contribution in [0.4, 0.5) is 0 Å². The molecule has 0 radical (unpaired) electrons. The molecule has 0 saturated carbocycles. The van der Waals surface area contributed by atoms with E-state index in [0.717, 1.165) is 25.3 Å². The minimum atomic E-state index is -0.301. The predicted octanol–water partition coefficient (Wildman–Crippen LogP) is 1.89. The standard InChI is InChI=1S/C13H20N2O2/c1-4-15(5-2)8-9-17-13(16)12-7-6-11(3)14-10-12/h6-7,10H,4-5,8-9H2,1-3H3. The molecule has 4 heteroatoms. The number of carbonyl (C=O) groups is 1. The summed E-state index contributed by atoms with van der Waals surface area (Å²) >= 11 is 0. The van der Waals surface area contributed by atoms with Crippen LogP contribution in [0, 0.1) is 6.92 Å². The van der Waals surface area contributed by atoms with Gasteiger partial charge in [0.1, 0.15) is 6.61 Å². The molecule has 0 amide bonds. The maximum Gasteiger partial charge on any atom is 0.339 e. The Kier molecular flexibility index (Phi) is 5.63. The van der Waals surface area contributed by atoms with Gasteiger partial charge in [0, 0.05) is 18.4 Å². The maximum atomic E-state index is 11.6. The summed E-state index contributed by atoms with van der Waals surface area (Å²) in [6.07, 6.45) is 1.55. The van der Waals surface area contributed by atoms with Crippen molar-refractivity contribution in [1.82, 2.24) is 9.88 Å². The first-order chi connectivity index (χ1) is 8.17. The van der Waals surface area contributed by atoms with E-state index in [1.54, 1.807) is 18.3 Å². The Balaban J connectivity index is 2.37. The Morgan fingerprint density at radius 1 is 1.35 bits per heavy atom. The fourth-order valence-corrected chi connectivity index (χ4v) is 1.48. The smallest absolute Gasteiger partial charge is 0.339 e. The molecule has 4 nitrogen and oxygen atoms in total. The second kappa shape index (κ2) is 7.01. The molecular formula is C13H20N2O2. The maximum absolute atomic E-state index is 11.6. The highest BCUT2D eigenvalue weighted by atomic mass is 16.5. The molecule has 0 aliphatic rings. The number of carbonyl (C=O) groups excluding carboxylic acids is 1. The molecule has 0 bridgehead atoms. The van der Waals surface area contributed by atoms with Gasteiger partial charge in [-0.2, -0.15) is 0 Å². The first-order valence-corrected chi connectivity index (χ1v) is 5.99. The van der Waals surface area contributed by atoms with Crippen LogP contribution in [0.5, 0.6) is 0 Å². The number of aromatic nitrogens is 1. The number of likely N-dealkylation sites (N-methyl/N-ethyl adjacent to an activating group) is 1. The van der Waals surface area contributed by atoms with Gasteiger partial charge in [-0.05, 0) is 32.1 Å². The highest BCUT2D eigenvalue weighted by Gasteiger charge is 2.07. The van der Waals surface area contributed by atoms with Gasteiger partial charge in [-0.3, -0.25) is 4.98 Å². The summed E-state index contributed by atoms with van der Waals surface area (Å²) in [7, 11) is 0. The fourth-order valence-electron chi connectivity index (χ4n) is 1.48. The number of hydrogen-bond donors (Lipinski definition) is 0. The number of ether oxygens (including phenoxy) is 1. The highest BCUT2D eigenvalue weighted by molar-refractivity contribution is 5.88. The van der Waals surface area contributed by atoms with Gasteiger partial charge in [-0.25, -0.2) is 4.79 Å². The molecular weight excluding hydrogens is 216 g/mol. The molecule has 0 saturated heterocycles. The van der Waals surface area contributed by atoms with Crippen molar-refractivity contribution in [1.29, 1.82) is 0 Å². The number of esters is 1. The quantitative estimate of drug-likeness (QED) is 0.707. The van der Waals surface area contributed by atoms with Crippen LogP contribution in [0.2, 0.25) is 0 Å². The molecule has 0 aliphatic heterocycles. The lowest BCUT2D eigenvalue weighted by atomic mass is 10.2. The predicted molar refractivity (Wildman–Crippen MR) is 67.0 cm³/mol. The van der Waals surface area contributed by atoms with Crippen LogP contribution in [0.3, 0.4) is 0 Å². The van der Waals surface area contributed by atoms with Crippen LogP contribution < -0.4 is 0 Å². The molecule has 0 aliphatic carbocycles. The molecule has 0 unspecified atom stereocenters. The minimum Gasteiger partial charge on any atom is -0.461 e. The molecule has 17 heavy (non-hydrogen) atoms. The van der Waals surface area contributed by atoms with E-state index in [2.05, 4.69) is 23.7 Å². The van der Waals surface area contributed by atoms with Crippen molar-refractivity contribution < 1.29 is 9.53 Å². The van der Waals surface area contributed by atoms with Gasteiger partial charge in [-0.15, -0.1) is 0 Å². The van der Waals surface area contributed by atoms with Crippen LogP contribution >= 0.6 is 0 Å². The van der Waals surface area contributed by atoms with Crippen molar-refractivity contribution in [3.8, 4) is 0 Å². The summed E-state index contributed by atoms with van der Waals surface area (Å²) in [4.78, 5) is 17.9. The first kappa shape index (κ1) is 13.6. The van der Waals surface area contributed by atoms with Crippen molar-refractivity contribution in [2.75, 3.05) is 26.2 Å². The van der Waals surface area contributed by atoms with E-state index in [4.69, 9.17) is 4.74 Å². The number of pyridine rings is 1. The van der Waals surface area contributed by atoms with Gasteiger partial charge in [0.05, 0.1) is 5.56 Å². The van der Waals surface area contributed by atoms with Crippen LogP contribution in [-0.4, -0.2) is 42.1 Å². The molecule has 1 heterocycles. The third-order valence-corrected chi connectivity index (χ3v) is 2.68. The lowest BCUT2D eigenvalue weighted by molar-refractivity contribution is 0.0466. The largest absolute Gasteiger partial charge is 0.461 e. The van der Waals surface area contributed by atoms with E-state index in [1.165, 1.54) is 0 Å². The number of aryl methyl sites for hydroxylation is 1. The summed E-state index contributed by atoms with van der Waals surface area (Å²) in [5.74, 6) is -0.301. The summed E-state index contributed by atoms with van der Waals surface area (Å²) < 4.78 is 5.18. The van der Waals surface area contributed by atoms with E-state index in [0.29, 0.717) is 12.2 Å². The minimum absolute atomic E-state index is 0.301. The molecule has 0 aromatic carbocycles. The average molecular weight is 236 g/mol. The zero-order valence-electron chi connectivity index (χ0n) is 10.8. The summed E-state index contributed by atoms with van der Waals surface area (Å²) in [6.45, 7) is 9.21. The van der Waals surface area contributed by atoms with Crippen molar-refractivity contribution in [3.05, 3.63) is 29.6 Å². The molecule has 0 spiro atoms. The van der Waals surface area contributed by atoms with Crippen molar-refractivity contribution >= 4 is 5.97 Å². The Hall–Kier alpha value is -1.42. The lowest BCUT2D eigenvalue weighted by Crippen LogP contribution is -2.27. The topological polar surface area (TPSA) is 42.4 Å². The van der Waals surface area contributed by atoms with Crippen molar-refractivity contribution in [2.45, 2.75) is 20.8 Å². The molecule has 1 rings (SSSR count). The van der Waals surface area contributed by atoms with Crippen molar-refractivity contribution in [3.63, 3.8) is 0 Å². The Morgan fingerprint density at radius 2 is 2.06 bits per heavy atom. The molecule has 1 aromatic rings. The third-order valence-electron chi connectivity index (χ3n) is 2.68.